The molecule has 0 aliphatic heterocycles. The Hall–Kier alpha value is -2.89. The summed E-state index contributed by atoms with van der Waals surface area (Å²) < 4.78 is 9.75. The van der Waals surface area contributed by atoms with Gasteiger partial charge in [-0.1, -0.05) is 38.3 Å². The predicted molar refractivity (Wildman–Crippen MR) is 145 cm³/mol. The lowest BCUT2D eigenvalue weighted by atomic mass is 9.81. The summed E-state index contributed by atoms with van der Waals surface area (Å²) in [4.78, 5) is 12.6. The standard InChI is InChI=1S/C31H40N4O2/c1-3-5-8-21-15-16-25-19-32-34(29(21)25)26-11-6-9-23(17-26)24-10-7-12-27(18-24)35-30(22-13-14-22)28(20-33-35)31(36)37-4-2/h7,10,12,18-23,26H,3-6,8-9,11,13-17H2,1-2H3/t21?,23-,26-/m1/s1. The molecule has 6 nitrogen and oxygen atoms in total. The summed E-state index contributed by atoms with van der Waals surface area (Å²) in [6.07, 6.45) is 17.2. The number of hydrogen-bond acceptors (Lipinski definition) is 4. The van der Waals surface area contributed by atoms with Crippen LogP contribution in [0.3, 0.4) is 0 Å². The molecular weight excluding hydrogens is 460 g/mol. The lowest BCUT2D eigenvalue weighted by molar-refractivity contribution is 0.0525. The Balaban J connectivity index is 1.25. The van der Waals surface area contributed by atoms with Crippen molar-refractivity contribution in [3.8, 4) is 5.69 Å². The summed E-state index contributed by atoms with van der Waals surface area (Å²) in [5.74, 6) is 1.34. The Labute approximate surface area is 220 Å². The number of esters is 1. The minimum atomic E-state index is -0.258. The highest BCUT2D eigenvalue weighted by atomic mass is 16.5. The molecule has 3 aliphatic rings. The van der Waals surface area contributed by atoms with Crippen LogP contribution in [-0.2, 0) is 11.2 Å². The van der Waals surface area contributed by atoms with Gasteiger partial charge in [-0.05, 0) is 87.5 Å². The van der Waals surface area contributed by atoms with Crippen LogP contribution in [0.2, 0.25) is 0 Å². The maximum absolute atomic E-state index is 12.6. The molecule has 6 rings (SSSR count). The number of benzene rings is 1. The second-order valence-electron chi connectivity index (χ2n) is 11.3. The third-order valence-corrected chi connectivity index (χ3v) is 8.81. The Morgan fingerprint density at radius 2 is 1.92 bits per heavy atom. The van der Waals surface area contributed by atoms with E-state index in [9.17, 15) is 4.79 Å². The summed E-state index contributed by atoms with van der Waals surface area (Å²) in [5.41, 5.74) is 7.11. The average molecular weight is 501 g/mol. The first-order valence-corrected chi connectivity index (χ1v) is 14.6. The molecule has 2 aromatic heterocycles. The number of fused-ring (bicyclic) bond motifs is 1. The third kappa shape index (κ3) is 4.75. The molecule has 6 heteroatoms. The van der Waals surface area contributed by atoms with Crippen molar-refractivity contribution >= 4 is 5.97 Å². The molecule has 1 aromatic carbocycles. The van der Waals surface area contributed by atoms with E-state index in [0.29, 0.717) is 36.0 Å². The predicted octanol–water partition coefficient (Wildman–Crippen LogP) is 7.24. The van der Waals surface area contributed by atoms with Gasteiger partial charge in [0.1, 0.15) is 5.56 Å². The van der Waals surface area contributed by atoms with Gasteiger partial charge in [-0.2, -0.15) is 10.2 Å². The molecule has 0 saturated heterocycles. The molecule has 3 aliphatic carbocycles. The van der Waals surface area contributed by atoms with Gasteiger partial charge < -0.3 is 4.74 Å². The number of carbonyl (C=O) groups excluding carboxylic acids is 1. The van der Waals surface area contributed by atoms with Crippen molar-refractivity contribution in [1.82, 2.24) is 19.6 Å². The quantitative estimate of drug-likeness (QED) is 0.291. The maximum atomic E-state index is 12.6. The Bertz CT molecular complexity index is 1250. The van der Waals surface area contributed by atoms with Crippen LogP contribution in [0.15, 0.2) is 36.7 Å². The molecule has 3 atom stereocenters. The molecule has 196 valence electrons. The average Bonchev–Trinajstić information content (AvgIpc) is 3.34. The first kappa shape index (κ1) is 24.4. The summed E-state index contributed by atoms with van der Waals surface area (Å²) in [6, 6.07) is 9.34. The van der Waals surface area contributed by atoms with Crippen molar-refractivity contribution in [3.05, 3.63) is 64.7 Å². The fourth-order valence-corrected chi connectivity index (χ4v) is 6.82. The van der Waals surface area contributed by atoms with Crippen molar-refractivity contribution in [2.75, 3.05) is 6.61 Å². The molecule has 2 fully saturated rings. The summed E-state index contributed by atoms with van der Waals surface area (Å²) in [7, 11) is 0. The molecule has 3 aromatic rings. The van der Waals surface area contributed by atoms with Crippen LogP contribution in [0.5, 0.6) is 0 Å². The largest absolute Gasteiger partial charge is 0.462 e. The molecule has 0 N–H and O–H groups in total. The minimum Gasteiger partial charge on any atom is -0.462 e. The van der Waals surface area contributed by atoms with Gasteiger partial charge in [-0.15, -0.1) is 0 Å². The van der Waals surface area contributed by atoms with E-state index in [4.69, 9.17) is 9.84 Å². The second kappa shape index (κ2) is 10.5. The lowest BCUT2D eigenvalue weighted by Crippen LogP contribution is -2.21. The van der Waals surface area contributed by atoms with Crippen molar-refractivity contribution < 1.29 is 9.53 Å². The highest BCUT2D eigenvalue weighted by Crippen LogP contribution is 2.45. The Morgan fingerprint density at radius 3 is 2.73 bits per heavy atom. The van der Waals surface area contributed by atoms with Gasteiger partial charge in [0.15, 0.2) is 0 Å². The van der Waals surface area contributed by atoms with Gasteiger partial charge in [0.05, 0.1) is 36.4 Å². The molecule has 2 saturated carbocycles. The van der Waals surface area contributed by atoms with Gasteiger partial charge in [0, 0.05) is 17.5 Å². The van der Waals surface area contributed by atoms with Gasteiger partial charge in [0.2, 0.25) is 0 Å². The van der Waals surface area contributed by atoms with E-state index in [1.807, 2.05) is 11.6 Å². The number of carbonyl (C=O) groups is 1. The van der Waals surface area contributed by atoms with Gasteiger partial charge in [0.25, 0.3) is 0 Å². The van der Waals surface area contributed by atoms with Crippen LogP contribution in [0, 0.1) is 0 Å². The van der Waals surface area contributed by atoms with E-state index in [0.717, 1.165) is 30.6 Å². The minimum absolute atomic E-state index is 0.258. The number of aryl methyl sites for hydroxylation is 1. The van der Waals surface area contributed by atoms with Crippen LogP contribution in [-0.4, -0.2) is 32.1 Å². The molecule has 0 amide bonds. The number of unbranched alkanes of at least 4 members (excludes halogenated alkanes) is 1. The summed E-state index contributed by atoms with van der Waals surface area (Å²) >= 11 is 0. The van der Waals surface area contributed by atoms with Crippen molar-refractivity contribution in [2.45, 2.75) is 108 Å². The van der Waals surface area contributed by atoms with Gasteiger partial charge in [-0.25, -0.2) is 9.48 Å². The van der Waals surface area contributed by atoms with Crippen LogP contribution < -0.4 is 0 Å². The van der Waals surface area contributed by atoms with Crippen molar-refractivity contribution in [2.24, 2.45) is 0 Å². The molecule has 2 heterocycles. The smallest absolute Gasteiger partial charge is 0.341 e. The zero-order valence-corrected chi connectivity index (χ0v) is 22.4. The summed E-state index contributed by atoms with van der Waals surface area (Å²) in [6.45, 7) is 4.52. The van der Waals surface area contributed by atoms with E-state index in [2.05, 4.69) is 47.2 Å². The monoisotopic (exact) mass is 500 g/mol. The first-order valence-electron chi connectivity index (χ1n) is 14.6. The maximum Gasteiger partial charge on any atom is 0.341 e. The van der Waals surface area contributed by atoms with Crippen LogP contribution >= 0.6 is 0 Å². The van der Waals surface area contributed by atoms with Crippen LogP contribution in [0.25, 0.3) is 5.69 Å². The van der Waals surface area contributed by atoms with E-state index in [1.54, 1.807) is 11.9 Å². The normalized spacial score (nSPS) is 23.2. The van der Waals surface area contributed by atoms with E-state index in [1.165, 1.54) is 62.5 Å². The van der Waals surface area contributed by atoms with E-state index < -0.39 is 0 Å². The van der Waals surface area contributed by atoms with E-state index >= 15 is 0 Å². The number of aromatic nitrogens is 4. The number of ether oxygens (including phenoxy) is 1. The van der Waals surface area contributed by atoms with Crippen molar-refractivity contribution in [1.29, 1.82) is 0 Å². The topological polar surface area (TPSA) is 61.9 Å². The third-order valence-electron chi connectivity index (χ3n) is 8.81. The molecule has 0 radical (unpaired) electrons. The Morgan fingerprint density at radius 1 is 1.03 bits per heavy atom. The first-order chi connectivity index (χ1) is 18.2. The lowest BCUT2D eigenvalue weighted by Gasteiger charge is -2.31. The molecular formula is C31H40N4O2. The molecule has 37 heavy (non-hydrogen) atoms. The van der Waals surface area contributed by atoms with Gasteiger partial charge >= 0.3 is 5.97 Å². The second-order valence-corrected chi connectivity index (χ2v) is 11.3. The van der Waals surface area contributed by atoms with Crippen LogP contribution in [0.4, 0.5) is 0 Å². The van der Waals surface area contributed by atoms with Gasteiger partial charge in [-0.3, -0.25) is 4.68 Å². The highest BCUT2D eigenvalue weighted by Gasteiger charge is 2.35. The molecule has 0 spiro atoms. The number of rotatable bonds is 9. The fraction of sp³-hybridized carbons (Fsp3) is 0.581. The zero-order chi connectivity index (χ0) is 25.4. The molecule has 1 unspecified atom stereocenters. The highest BCUT2D eigenvalue weighted by molar-refractivity contribution is 5.91. The van der Waals surface area contributed by atoms with Crippen LogP contribution in [0.1, 0.15) is 135 Å². The van der Waals surface area contributed by atoms with E-state index in [-0.39, 0.29) is 5.97 Å². The SMILES string of the molecule is CCCCC1CCc2cnn([C@@H]3CCC[C@@H](c4cccc(-n5ncc(C(=O)OCC)c5C5CC5)c4)C3)c21. The van der Waals surface area contributed by atoms with Crippen molar-refractivity contribution in [3.63, 3.8) is 0 Å². The summed E-state index contributed by atoms with van der Waals surface area (Å²) in [5, 5.41) is 9.61. The number of hydrogen-bond donors (Lipinski definition) is 0. The Kier molecular flexibility index (Phi) is 6.92. The zero-order valence-electron chi connectivity index (χ0n) is 22.4. The fourth-order valence-electron chi connectivity index (χ4n) is 6.82. The number of nitrogens with zero attached hydrogens (tertiary/aromatic N) is 4. The molecule has 0 bridgehead atoms.